The number of benzene rings is 2. The van der Waals surface area contributed by atoms with E-state index in [4.69, 9.17) is 11.6 Å². The van der Waals surface area contributed by atoms with Crippen LogP contribution in [-0.4, -0.2) is 0 Å². The second-order valence-electron chi connectivity index (χ2n) is 4.97. The van der Waals surface area contributed by atoms with Crippen LogP contribution in [0.3, 0.4) is 0 Å². The van der Waals surface area contributed by atoms with Crippen LogP contribution in [0.4, 0.5) is 5.69 Å². The van der Waals surface area contributed by atoms with Crippen molar-refractivity contribution < 1.29 is 0 Å². The van der Waals surface area contributed by atoms with E-state index in [1.807, 2.05) is 29.5 Å². The SMILES string of the molecule is Cc1ccc(Cl)c(NCc2ccc(-c3ccccc3)s2)c1. The molecule has 0 fully saturated rings. The summed E-state index contributed by atoms with van der Waals surface area (Å²) in [6, 6.07) is 20.8. The summed E-state index contributed by atoms with van der Waals surface area (Å²) in [5.74, 6) is 0. The second kappa shape index (κ2) is 6.33. The molecule has 0 aliphatic carbocycles. The lowest BCUT2D eigenvalue weighted by Gasteiger charge is -2.08. The molecule has 106 valence electrons. The minimum atomic E-state index is 0.764. The Hall–Kier alpha value is -1.77. The van der Waals surface area contributed by atoms with Crippen LogP contribution in [0.15, 0.2) is 60.7 Å². The van der Waals surface area contributed by atoms with Crippen LogP contribution in [-0.2, 0) is 6.54 Å². The molecular formula is C18H16ClNS. The van der Waals surface area contributed by atoms with Crippen LogP contribution in [0, 0.1) is 6.92 Å². The monoisotopic (exact) mass is 313 g/mol. The Morgan fingerprint density at radius 2 is 1.81 bits per heavy atom. The predicted octanol–water partition coefficient (Wildman–Crippen LogP) is 5.99. The number of hydrogen-bond acceptors (Lipinski definition) is 2. The van der Waals surface area contributed by atoms with Gasteiger partial charge in [-0.05, 0) is 42.3 Å². The van der Waals surface area contributed by atoms with Crippen LogP contribution < -0.4 is 5.32 Å². The maximum Gasteiger partial charge on any atom is 0.0637 e. The van der Waals surface area contributed by atoms with Gasteiger partial charge in [0, 0.05) is 16.3 Å². The molecule has 1 N–H and O–H groups in total. The number of nitrogens with one attached hydrogen (secondary N) is 1. The zero-order chi connectivity index (χ0) is 14.7. The Bertz CT molecular complexity index is 734. The van der Waals surface area contributed by atoms with E-state index in [2.05, 4.69) is 54.7 Å². The highest BCUT2D eigenvalue weighted by molar-refractivity contribution is 7.15. The van der Waals surface area contributed by atoms with Crippen molar-refractivity contribution in [1.29, 1.82) is 0 Å². The minimum absolute atomic E-state index is 0.764. The normalized spacial score (nSPS) is 10.6. The number of hydrogen-bond donors (Lipinski definition) is 1. The fourth-order valence-corrected chi connectivity index (χ4v) is 3.32. The Balaban J connectivity index is 1.72. The maximum atomic E-state index is 6.20. The molecule has 1 heterocycles. The molecule has 0 atom stereocenters. The van der Waals surface area contributed by atoms with Crippen LogP contribution >= 0.6 is 22.9 Å². The van der Waals surface area contributed by atoms with Crippen LogP contribution in [0.25, 0.3) is 10.4 Å². The molecule has 0 unspecified atom stereocenters. The van der Waals surface area contributed by atoms with Crippen molar-refractivity contribution in [2.45, 2.75) is 13.5 Å². The average molecular weight is 314 g/mol. The summed E-state index contributed by atoms with van der Waals surface area (Å²) in [7, 11) is 0. The Labute approximate surface area is 134 Å². The Kier molecular flexibility index (Phi) is 4.28. The molecule has 0 bridgehead atoms. The number of halogens is 1. The lowest BCUT2D eigenvalue weighted by Crippen LogP contribution is -1.98. The number of aryl methyl sites for hydroxylation is 1. The smallest absolute Gasteiger partial charge is 0.0637 e. The van der Waals surface area contributed by atoms with E-state index >= 15 is 0 Å². The maximum absolute atomic E-state index is 6.20. The lowest BCUT2D eigenvalue weighted by atomic mass is 10.2. The molecule has 1 nitrogen and oxygen atoms in total. The summed E-state index contributed by atoms with van der Waals surface area (Å²) in [5, 5.41) is 4.18. The quantitative estimate of drug-likeness (QED) is 0.624. The first-order chi connectivity index (χ1) is 10.2. The van der Waals surface area contributed by atoms with Gasteiger partial charge in [-0.3, -0.25) is 0 Å². The van der Waals surface area contributed by atoms with Crippen molar-refractivity contribution in [3.63, 3.8) is 0 Å². The van der Waals surface area contributed by atoms with Crippen LogP contribution in [0.1, 0.15) is 10.4 Å². The second-order valence-corrected chi connectivity index (χ2v) is 6.54. The third-order valence-electron chi connectivity index (χ3n) is 3.29. The third-order valence-corrected chi connectivity index (χ3v) is 4.76. The Morgan fingerprint density at radius 1 is 1.00 bits per heavy atom. The zero-order valence-corrected chi connectivity index (χ0v) is 13.3. The molecule has 0 saturated carbocycles. The highest BCUT2D eigenvalue weighted by Gasteiger charge is 2.04. The number of anilines is 1. The molecule has 0 saturated heterocycles. The fraction of sp³-hybridized carbons (Fsp3) is 0.111. The minimum Gasteiger partial charge on any atom is -0.379 e. The molecule has 0 aliphatic rings. The van der Waals surface area contributed by atoms with E-state index in [1.165, 1.54) is 20.9 Å². The van der Waals surface area contributed by atoms with Crippen molar-refractivity contribution in [2.24, 2.45) is 0 Å². The first-order valence-corrected chi connectivity index (χ1v) is 8.06. The van der Waals surface area contributed by atoms with Gasteiger partial charge in [0.1, 0.15) is 0 Å². The fourth-order valence-electron chi connectivity index (χ4n) is 2.19. The van der Waals surface area contributed by atoms with E-state index in [0.29, 0.717) is 0 Å². The van der Waals surface area contributed by atoms with Gasteiger partial charge in [-0.1, -0.05) is 48.0 Å². The topological polar surface area (TPSA) is 12.0 Å². The van der Waals surface area contributed by atoms with Crippen molar-refractivity contribution in [3.05, 3.63) is 76.1 Å². The summed E-state index contributed by atoms with van der Waals surface area (Å²) < 4.78 is 0. The largest absolute Gasteiger partial charge is 0.379 e. The molecule has 3 rings (SSSR count). The van der Waals surface area contributed by atoms with E-state index in [-0.39, 0.29) is 0 Å². The van der Waals surface area contributed by atoms with E-state index < -0.39 is 0 Å². The van der Waals surface area contributed by atoms with Gasteiger partial charge < -0.3 is 5.32 Å². The summed E-state index contributed by atoms with van der Waals surface area (Å²) in [6.07, 6.45) is 0. The predicted molar refractivity (Wildman–Crippen MR) is 93.3 cm³/mol. The van der Waals surface area contributed by atoms with Gasteiger partial charge in [0.25, 0.3) is 0 Å². The standard InChI is InChI=1S/C18H16ClNS/c1-13-7-9-16(19)17(11-13)20-12-15-8-10-18(21-15)14-5-3-2-4-6-14/h2-11,20H,12H2,1H3. The molecule has 0 amide bonds. The Morgan fingerprint density at radius 3 is 2.62 bits per heavy atom. The van der Waals surface area contributed by atoms with Crippen molar-refractivity contribution >= 4 is 28.6 Å². The van der Waals surface area contributed by atoms with Crippen LogP contribution in [0.5, 0.6) is 0 Å². The molecule has 1 aromatic heterocycles. The van der Waals surface area contributed by atoms with Crippen molar-refractivity contribution in [1.82, 2.24) is 0 Å². The summed E-state index contributed by atoms with van der Waals surface area (Å²) in [6.45, 7) is 2.86. The first-order valence-electron chi connectivity index (χ1n) is 6.86. The van der Waals surface area contributed by atoms with Gasteiger partial charge in [-0.15, -0.1) is 11.3 Å². The lowest BCUT2D eigenvalue weighted by molar-refractivity contribution is 1.19. The first kappa shape index (κ1) is 14.2. The molecule has 0 spiro atoms. The molecule has 0 radical (unpaired) electrons. The van der Waals surface area contributed by atoms with Gasteiger partial charge in [-0.2, -0.15) is 0 Å². The van der Waals surface area contributed by atoms with E-state index in [9.17, 15) is 0 Å². The summed E-state index contributed by atoms with van der Waals surface area (Å²) >= 11 is 8.01. The molecule has 3 aromatic rings. The van der Waals surface area contributed by atoms with Gasteiger partial charge in [-0.25, -0.2) is 0 Å². The number of rotatable bonds is 4. The van der Waals surface area contributed by atoms with Crippen molar-refractivity contribution in [2.75, 3.05) is 5.32 Å². The number of thiophene rings is 1. The summed E-state index contributed by atoms with van der Waals surface area (Å²) in [5.41, 5.74) is 3.46. The van der Waals surface area contributed by atoms with E-state index in [0.717, 1.165) is 17.3 Å². The molecule has 2 aromatic carbocycles. The zero-order valence-electron chi connectivity index (χ0n) is 11.8. The van der Waals surface area contributed by atoms with Gasteiger partial charge in [0.2, 0.25) is 0 Å². The van der Waals surface area contributed by atoms with Gasteiger partial charge in [0.15, 0.2) is 0 Å². The highest BCUT2D eigenvalue weighted by Crippen LogP contribution is 2.29. The molecule has 21 heavy (non-hydrogen) atoms. The van der Waals surface area contributed by atoms with Gasteiger partial charge in [0.05, 0.1) is 10.7 Å². The molecule has 0 aliphatic heterocycles. The van der Waals surface area contributed by atoms with Gasteiger partial charge >= 0.3 is 0 Å². The third kappa shape index (κ3) is 3.46. The molecule has 3 heteroatoms. The summed E-state index contributed by atoms with van der Waals surface area (Å²) in [4.78, 5) is 2.59. The van der Waals surface area contributed by atoms with Crippen LogP contribution in [0.2, 0.25) is 5.02 Å². The van der Waals surface area contributed by atoms with Crippen molar-refractivity contribution in [3.8, 4) is 10.4 Å². The highest BCUT2D eigenvalue weighted by atomic mass is 35.5. The van der Waals surface area contributed by atoms with E-state index in [1.54, 1.807) is 0 Å². The molecular weight excluding hydrogens is 298 g/mol. The average Bonchev–Trinajstić information content (AvgIpc) is 2.98.